The fourth-order valence-corrected chi connectivity index (χ4v) is 3.58. The van der Waals surface area contributed by atoms with E-state index in [9.17, 15) is 4.79 Å². The highest BCUT2D eigenvalue weighted by molar-refractivity contribution is 9.10. The van der Waals surface area contributed by atoms with Crippen molar-refractivity contribution in [1.29, 1.82) is 0 Å². The number of carbonyl (C=O) groups excluding carboxylic acids is 1. The van der Waals surface area contributed by atoms with E-state index in [4.69, 9.17) is 4.74 Å². The summed E-state index contributed by atoms with van der Waals surface area (Å²) in [5, 5.41) is 3.05. The van der Waals surface area contributed by atoms with Crippen LogP contribution in [0.4, 0.5) is 0 Å². The van der Waals surface area contributed by atoms with Gasteiger partial charge in [-0.2, -0.15) is 0 Å². The zero-order chi connectivity index (χ0) is 15.1. The number of halogens is 1. The molecule has 0 saturated carbocycles. The minimum Gasteiger partial charge on any atom is -0.382 e. The Balaban J connectivity index is 2.63. The quantitative estimate of drug-likeness (QED) is 0.918. The third-order valence-electron chi connectivity index (χ3n) is 4.00. The first kappa shape index (κ1) is 15.3. The largest absolute Gasteiger partial charge is 0.382 e. The fourth-order valence-electron chi connectivity index (χ4n) is 2.89. The van der Waals surface area contributed by atoms with E-state index in [0.717, 1.165) is 32.3 Å². The lowest BCUT2D eigenvalue weighted by molar-refractivity contribution is -0.116. The predicted octanol–water partition coefficient (Wildman–Crippen LogP) is 3.37. The lowest BCUT2D eigenvalue weighted by atomic mass is 9.88. The molecule has 1 unspecified atom stereocenters. The molecule has 4 heteroatoms. The number of ether oxygens (including phenoxy) is 1. The van der Waals surface area contributed by atoms with Crippen LogP contribution in [0.1, 0.15) is 30.5 Å². The van der Waals surface area contributed by atoms with Gasteiger partial charge < -0.3 is 10.1 Å². The summed E-state index contributed by atoms with van der Waals surface area (Å²) < 4.78 is 6.29. The number of aryl methyl sites for hydroxylation is 2. The molecule has 0 fully saturated rings. The normalized spacial score (nSPS) is 22.4. The maximum atomic E-state index is 12.4. The highest BCUT2D eigenvalue weighted by Crippen LogP contribution is 2.37. The number of carbonyl (C=O) groups is 1. The molecule has 3 nitrogen and oxygen atoms in total. The lowest BCUT2D eigenvalue weighted by Crippen LogP contribution is -2.45. The van der Waals surface area contributed by atoms with Crippen LogP contribution in [0.3, 0.4) is 0 Å². The Morgan fingerprint density at radius 3 is 2.30 bits per heavy atom. The zero-order valence-corrected chi connectivity index (χ0v) is 14.1. The molecule has 108 valence electrons. The van der Waals surface area contributed by atoms with Crippen molar-refractivity contribution in [1.82, 2.24) is 5.32 Å². The second-order valence-electron chi connectivity index (χ2n) is 5.63. The standard InChI is InChI=1S/C16H20BrNO2/c1-9-6-12(17)7-10(2)13(9)14-11(3)16(4,8-20-5)18-15(14)19/h6-7H,8H2,1-5H3,(H,18,19). The summed E-state index contributed by atoms with van der Waals surface area (Å²) in [6, 6.07) is 4.09. The van der Waals surface area contributed by atoms with Gasteiger partial charge in [-0.05, 0) is 62.1 Å². The summed E-state index contributed by atoms with van der Waals surface area (Å²) in [4.78, 5) is 12.4. The number of rotatable bonds is 3. The highest BCUT2D eigenvalue weighted by atomic mass is 79.9. The monoisotopic (exact) mass is 337 g/mol. The summed E-state index contributed by atoms with van der Waals surface area (Å²) in [6.45, 7) is 8.55. The van der Waals surface area contributed by atoms with Crippen LogP contribution in [-0.2, 0) is 9.53 Å². The van der Waals surface area contributed by atoms with Crippen LogP contribution < -0.4 is 5.32 Å². The number of amides is 1. The summed E-state index contributed by atoms with van der Waals surface area (Å²) in [5.74, 6) is -0.0180. The molecular formula is C16H20BrNO2. The molecule has 1 N–H and O–H groups in total. The van der Waals surface area contributed by atoms with E-state index in [0.29, 0.717) is 6.61 Å². The molecule has 1 aliphatic rings. The van der Waals surface area contributed by atoms with E-state index in [1.165, 1.54) is 0 Å². The van der Waals surface area contributed by atoms with Crippen LogP contribution in [0.25, 0.3) is 5.57 Å². The molecule has 0 saturated heterocycles. The van der Waals surface area contributed by atoms with Crippen molar-refractivity contribution in [2.24, 2.45) is 0 Å². The van der Waals surface area contributed by atoms with Crippen molar-refractivity contribution in [2.75, 3.05) is 13.7 Å². The molecule has 0 radical (unpaired) electrons. The topological polar surface area (TPSA) is 38.3 Å². The van der Waals surface area contributed by atoms with Gasteiger partial charge in [0.05, 0.1) is 12.1 Å². The highest BCUT2D eigenvalue weighted by Gasteiger charge is 2.40. The third kappa shape index (κ3) is 2.42. The van der Waals surface area contributed by atoms with Crippen molar-refractivity contribution in [3.63, 3.8) is 0 Å². The van der Waals surface area contributed by atoms with Crippen molar-refractivity contribution >= 4 is 27.4 Å². The van der Waals surface area contributed by atoms with Crippen LogP contribution in [-0.4, -0.2) is 25.2 Å². The molecule has 1 heterocycles. The first-order chi connectivity index (χ1) is 9.30. The Kier molecular flexibility index (Phi) is 4.07. The van der Waals surface area contributed by atoms with E-state index in [-0.39, 0.29) is 5.91 Å². The molecule has 0 aromatic heterocycles. The number of methoxy groups -OCH3 is 1. The lowest BCUT2D eigenvalue weighted by Gasteiger charge is -2.25. The summed E-state index contributed by atoms with van der Waals surface area (Å²) in [6.07, 6.45) is 0. The predicted molar refractivity (Wildman–Crippen MR) is 84.6 cm³/mol. The Morgan fingerprint density at radius 1 is 1.25 bits per heavy atom. The minimum atomic E-state index is -0.423. The molecule has 2 rings (SSSR count). The SMILES string of the molecule is COCC1(C)NC(=O)C(c2c(C)cc(Br)cc2C)=C1C. The van der Waals surface area contributed by atoms with Crippen LogP contribution in [0.5, 0.6) is 0 Å². The van der Waals surface area contributed by atoms with Crippen LogP contribution in [0.15, 0.2) is 22.2 Å². The minimum absolute atomic E-state index is 0.0180. The van der Waals surface area contributed by atoms with Gasteiger partial charge in [-0.15, -0.1) is 0 Å². The van der Waals surface area contributed by atoms with Gasteiger partial charge in [0.25, 0.3) is 5.91 Å². The second-order valence-corrected chi connectivity index (χ2v) is 6.55. The van der Waals surface area contributed by atoms with Gasteiger partial charge in [-0.25, -0.2) is 0 Å². The van der Waals surface area contributed by atoms with Gasteiger partial charge in [0.2, 0.25) is 0 Å². The average molecular weight is 338 g/mol. The van der Waals surface area contributed by atoms with Crippen LogP contribution >= 0.6 is 15.9 Å². The van der Waals surface area contributed by atoms with Gasteiger partial charge in [0, 0.05) is 17.2 Å². The van der Waals surface area contributed by atoms with E-state index >= 15 is 0 Å². The van der Waals surface area contributed by atoms with Gasteiger partial charge in [-0.1, -0.05) is 15.9 Å². The van der Waals surface area contributed by atoms with E-state index < -0.39 is 5.54 Å². The van der Waals surface area contributed by atoms with Crippen molar-refractivity contribution in [3.8, 4) is 0 Å². The summed E-state index contributed by atoms with van der Waals surface area (Å²) in [5.41, 5.74) is 4.63. The van der Waals surface area contributed by atoms with Gasteiger partial charge in [0.15, 0.2) is 0 Å². The number of hydrogen-bond acceptors (Lipinski definition) is 2. The molecular weight excluding hydrogens is 318 g/mol. The third-order valence-corrected chi connectivity index (χ3v) is 4.46. The molecule has 1 atom stereocenters. The summed E-state index contributed by atoms with van der Waals surface area (Å²) >= 11 is 3.50. The Bertz CT molecular complexity index is 583. The molecule has 0 spiro atoms. The van der Waals surface area contributed by atoms with Crippen LogP contribution in [0, 0.1) is 13.8 Å². The number of hydrogen-bond donors (Lipinski definition) is 1. The maximum Gasteiger partial charge on any atom is 0.252 e. The second kappa shape index (κ2) is 5.34. The van der Waals surface area contributed by atoms with E-state index in [1.807, 2.05) is 39.8 Å². The van der Waals surface area contributed by atoms with E-state index in [2.05, 4.69) is 21.2 Å². The van der Waals surface area contributed by atoms with E-state index in [1.54, 1.807) is 7.11 Å². The summed E-state index contributed by atoms with van der Waals surface area (Å²) in [7, 11) is 1.65. The van der Waals surface area contributed by atoms with Gasteiger partial charge in [0.1, 0.15) is 0 Å². The maximum absolute atomic E-state index is 12.4. The number of benzene rings is 1. The van der Waals surface area contributed by atoms with Crippen LogP contribution in [0.2, 0.25) is 0 Å². The first-order valence-electron chi connectivity index (χ1n) is 6.60. The molecule has 20 heavy (non-hydrogen) atoms. The molecule has 0 bridgehead atoms. The van der Waals surface area contributed by atoms with Gasteiger partial charge >= 0.3 is 0 Å². The fraction of sp³-hybridized carbons (Fsp3) is 0.438. The van der Waals surface area contributed by atoms with Crippen molar-refractivity contribution in [3.05, 3.63) is 38.9 Å². The molecule has 0 aliphatic carbocycles. The molecule has 1 aromatic carbocycles. The Hall–Kier alpha value is -1.13. The molecule has 1 amide bonds. The Labute approximate surface area is 128 Å². The van der Waals surface area contributed by atoms with Gasteiger partial charge in [-0.3, -0.25) is 4.79 Å². The first-order valence-corrected chi connectivity index (χ1v) is 7.39. The smallest absolute Gasteiger partial charge is 0.252 e. The number of nitrogens with one attached hydrogen (secondary N) is 1. The average Bonchev–Trinajstić information content (AvgIpc) is 2.52. The Morgan fingerprint density at radius 2 is 1.80 bits per heavy atom. The molecule has 1 aromatic rings. The van der Waals surface area contributed by atoms with Crippen molar-refractivity contribution in [2.45, 2.75) is 33.2 Å². The molecule has 1 aliphatic heterocycles. The zero-order valence-electron chi connectivity index (χ0n) is 12.6. The van der Waals surface area contributed by atoms with Crippen molar-refractivity contribution < 1.29 is 9.53 Å².